The smallest absolute Gasteiger partial charge is 0.242 e. The van der Waals surface area contributed by atoms with Crippen LogP contribution in [-0.4, -0.2) is 41.7 Å². The minimum atomic E-state index is -0.600. The molecule has 0 aliphatic heterocycles. The Morgan fingerprint density at radius 2 is 1.77 bits per heavy atom. The molecule has 168 valence electrons. The van der Waals surface area contributed by atoms with Gasteiger partial charge in [0.2, 0.25) is 11.8 Å². The summed E-state index contributed by atoms with van der Waals surface area (Å²) >= 11 is 13.6. The largest absolute Gasteiger partial charge is 0.497 e. The summed E-state index contributed by atoms with van der Waals surface area (Å²) in [6.45, 7) is 5.87. The van der Waals surface area contributed by atoms with Crippen LogP contribution in [0.5, 0.6) is 5.75 Å². The molecule has 8 heteroatoms. The third-order valence-corrected chi connectivity index (χ3v) is 6.16. The second kappa shape index (κ2) is 12.2. The van der Waals surface area contributed by atoms with E-state index >= 15 is 0 Å². The maximum atomic E-state index is 13.1. The van der Waals surface area contributed by atoms with Crippen LogP contribution in [0.3, 0.4) is 0 Å². The lowest BCUT2D eigenvalue weighted by atomic mass is 10.1. The summed E-state index contributed by atoms with van der Waals surface area (Å²) in [5.74, 6) is 1.25. The quantitative estimate of drug-likeness (QED) is 0.506. The number of nitrogens with one attached hydrogen (secondary N) is 1. The Labute approximate surface area is 198 Å². The number of benzene rings is 2. The van der Waals surface area contributed by atoms with Gasteiger partial charge in [-0.1, -0.05) is 41.4 Å². The van der Waals surface area contributed by atoms with Gasteiger partial charge in [-0.05, 0) is 56.2 Å². The van der Waals surface area contributed by atoms with Gasteiger partial charge in [0.1, 0.15) is 11.8 Å². The van der Waals surface area contributed by atoms with E-state index in [1.807, 2.05) is 44.2 Å². The first kappa shape index (κ1) is 25.4. The molecule has 0 unspecified atom stereocenters. The molecule has 1 atom stereocenters. The summed E-state index contributed by atoms with van der Waals surface area (Å²) in [7, 11) is 1.60. The summed E-state index contributed by atoms with van der Waals surface area (Å²) in [6.07, 6.45) is 0. The van der Waals surface area contributed by atoms with Gasteiger partial charge in [0.05, 0.1) is 12.9 Å². The van der Waals surface area contributed by atoms with Crippen LogP contribution < -0.4 is 10.1 Å². The van der Waals surface area contributed by atoms with Crippen molar-refractivity contribution in [2.75, 3.05) is 12.9 Å². The molecular weight excluding hydrogens is 455 g/mol. The molecule has 0 spiro atoms. The number of ether oxygens (including phenoxy) is 1. The first-order chi connectivity index (χ1) is 14.7. The molecule has 0 saturated heterocycles. The summed E-state index contributed by atoms with van der Waals surface area (Å²) in [4.78, 5) is 27.3. The van der Waals surface area contributed by atoms with E-state index in [9.17, 15) is 9.59 Å². The third kappa shape index (κ3) is 7.95. The average molecular weight is 483 g/mol. The van der Waals surface area contributed by atoms with Gasteiger partial charge in [0.25, 0.3) is 0 Å². The minimum absolute atomic E-state index is 0.00527. The second-order valence-corrected chi connectivity index (χ2v) is 9.27. The second-order valence-electron chi connectivity index (χ2n) is 7.44. The van der Waals surface area contributed by atoms with Gasteiger partial charge in [0, 0.05) is 28.4 Å². The van der Waals surface area contributed by atoms with E-state index < -0.39 is 6.04 Å². The molecule has 0 aliphatic carbocycles. The van der Waals surface area contributed by atoms with Crippen LogP contribution in [0.1, 0.15) is 31.9 Å². The standard InChI is InChI=1S/C23H28Cl2N2O3S/c1-15(2)26-23(29)16(3)27(12-17-5-9-20(30-4)10-6-17)22(28)14-31-13-18-7-8-19(24)11-21(18)25/h5-11,15-16H,12-14H2,1-4H3,(H,26,29)/t16-/m1/s1. The monoisotopic (exact) mass is 482 g/mol. The lowest BCUT2D eigenvalue weighted by Gasteiger charge is -2.29. The third-order valence-electron chi connectivity index (χ3n) is 4.61. The van der Waals surface area contributed by atoms with Crippen molar-refractivity contribution in [3.05, 3.63) is 63.6 Å². The van der Waals surface area contributed by atoms with Crippen molar-refractivity contribution in [3.63, 3.8) is 0 Å². The van der Waals surface area contributed by atoms with Crippen molar-refractivity contribution in [3.8, 4) is 5.75 Å². The predicted octanol–water partition coefficient (Wildman–Crippen LogP) is 5.18. The molecule has 0 saturated carbocycles. The number of methoxy groups -OCH3 is 1. The Bertz CT molecular complexity index is 891. The Morgan fingerprint density at radius 3 is 2.35 bits per heavy atom. The number of thioether (sulfide) groups is 1. The predicted molar refractivity (Wildman–Crippen MR) is 129 cm³/mol. The van der Waals surface area contributed by atoms with Gasteiger partial charge in [-0.15, -0.1) is 11.8 Å². The molecule has 31 heavy (non-hydrogen) atoms. The van der Waals surface area contributed by atoms with Crippen LogP contribution in [0.15, 0.2) is 42.5 Å². The molecule has 2 aromatic rings. The van der Waals surface area contributed by atoms with Crippen molar-refractivity contribution < 1.29 is 14.3 Å². The normalized spacial score (nSPS) is 11.8. The Balaban J connectivity index is 2.09. The summed E-state index contributed by atoms with van der Waals surface area (Å²) in [5.41, 5.74) is 1.83. The maximum Gasteiger partial charge on any atom is 0.242 e. The zero-order chi connectivity index (χ0) is 23.0. The van der Waals surface area contributed by atoms with Gasteiger partial charge in [-0.25, -0.2) is 0 Å². The van der Waals surface area contributed by atoms with Crippen molar-refractivity contribution in [2.24, 2.45) is 0 Å². The van der Waals surface area contributed by atoms with Gasteiger partial charge in [-0.2, -0.15) is 0 Å². The van der Waals surface area contributed by atoms with Crippen molar-refractivity contribution in [1.82, 2.24) is 10.2 Å². The first-order valence-corrected chi connectivity index (χ1v) is 11.9. The fourth-order valence-corrected chi connectivity index (χ4v) is 4.35. The molecule has 2 aromatic carbocycles. The molecule has 0 fully saturated rings. The SMILES string of the molecule is COc1ccc(CN(C(=O)CSCc2ccc(Cl)cc2Cl)[C@H](C)C(=O)NC(C)C)cc1. The highest BCUT2D eigenvalue weighted by Crippen LogP contribution is 2.25. The highest BCUT2D eigenvalue weighted by molar-refractivity contribution is 7.99. The number of carbonyl (C=O) groups excluding carboxylic acids is 2. The lowest BCUT2D eigenvalue weighted by molar-refractivity contribution is -0.138. The van der Waals surface area contributed by atoms with Gasteiger partial charge in [0.15, 0.2) is 0 Å². The van der Waals surface area contributed by atoms with E-state index in [0.29, 0.717) is 22.3 Å². The summed E-state index contributed by atoms with van der Waals surface area (Å²) < 4.78 is 5.20. The van der Waals surface area contributed by atoms with Crippen LogP contribution in [-0.2, 0) is 21.9 Å². The Hall–Kier alpha value is -1.89. The topological polar surface area (TPSA) is 58.6 Å². The molecule has 0 aromatic heterocycles. The number of carbonyl (C=O) groups is 2. The molecular formula is C23H28Cl2N2O3S. The van der Waals surface area contributed by atoms with E-state index in [0.717, 1.165) is 16.9 Å². The van der Waals surface area contributed by atoms with E-state index in [4.69, 9.17) is 27.9 Å². The van der Waals surface area contributed by atoms with Gasteiger partial charge < -0.3 is 15.0 Å². The highest BCUT2D eigenvalue weighted by atomic mass is 35.5. The van der Waals surface area contributed by atoms with Crippen LogP contribution >= 0.6 is 35.0 Å². The van der Waals surface area contributed by atoms with Crippen LogP contribution in [0.25, 0.3) is 0 Å². The summed E-state index contributed by atoms with van der Waals surface area (Å²) in [5, 5.41) is 4.04. The molecule has 5 nitrogen and oxygen atoms in total. The van der Waals surface area contributed by atoms with E-state index in [-0.39, 0.29) is 23.6 Å². The zero-order valence-corrected chi connectivity index (χ0v) is 20.5. The number of halogens is 2. The Morgan fingerprint density at radius 1 is 1.10 bits per heavy atom. The van der Waals surface area contributed by atoms with Crippen molar-refractivity contribution in [2.45, 2.75) is 45.2 Å². The zero-order valence-electron chi connectivity index (χ0n) is 18.2. The molecule has 2 amide bonds. The van der Waals surface area contributed by atoms with E-state index in [1.165, 1.54) is 11.8 Å². The number of hydrogen-bond donors (Lipinski definition) is 1. The molecule has 0 radical (unpaired) electrons. The number of nitrogens with zero attached hydrogens (tertiary/aromatic N) is 1. The van der Waals surface area contributed by atoms with Crippen LogP contribution in [0.2, 0.25) is 10.0 Å². The number of hydrogen-bond acceptors (Lipinski definition) is 4. The number of amides is 2. The molecule has 0 bridgehead atoms. The lowest BCUT2D eigenvalue weighted by Crippen LogP contribution is -2.49. The molecule has 0 heterocycles. The van der Waals surface area contributed by atoms with Crippen molar-refractivity contribution in [1.29, 1.82) is 0 Å². The van der Waals surface area contributed by atoms with E-state index in [1.54, 1.807) is 31.1 Å². The molecule has 1 N–H and O–H groups in total. The fraction of sp³-hybridized carbons (Fsp3) is 0.391. The molecule has 0 aliphatic rings. The van der Waals surface area contributed by atoms with Crippen LogP contribution in [0, 0.1) is 0 Å². The summed E-state index contributed by atoms with van der Waals surface area (Å²) in [6, 6.07) is 12.2. The first-order valence-electron chi connectivity index (χ1n) is 9.95. The molecule has 2 rings (SSSR count). The fourth-order valence-electron chi connectivity index (χ4n) is 2.89. The Kier molecular flexibility index (Phi) is 10.0. The van der Waals surface area contributed by atoms with E-state index in [2.05, 4.69) is 5.32 Å². The minimum Gasteiger partial charge on any atom is -0.497 e. The highest BCUT2D eigenvalue weighted by Gasteiger charge is 2.26. The van der Waals surface area contributed by atoms with Crippen molar-refractivity contribution >= 4 is 46.8 Å². The van der Waals surface area contributed by atoms with Gasteiger partial charge in [-0.3, -0.25) is 9.59 Å². The maximum absolute atomic E-state index is 13.1. The average Bonchev–Trinajstić information content (AvgIpc) is 2.72. The number of rotatable bonds is 10. The van der Waals surface area contributed by atoms with Gasteiger partial charge >= 0.3 is 0 Å². The van der Waals surface area contributed by atoms with Crippen LogP contribution in [0.4, 0.5) is 0 Å².